The lowest BCUT2D eigenvalue weighted by atomic mass is 10.2. The van der Waals surface area contributed by atoms with Crippen LogP contribution in [0.15, 0.2) is 24.3 Å². The lowest BCUT2D eigenvalue weighted by Crippen LogP contribution is -1.98. The average Bonchev–Trinajstić information content (AvgIpc) is 2.20. The fourth-order valence-electron chi connectivity index (χ4n) is 0.799. The molecule has 0 saturated heterocycles. The molecular weight excluding hydrogens is 178 g/mol. The van der Waals surface area contributed by atoms with Gasteiger partial charge in [0.15, 0.2) is 0 Å². The van der Waals surface area contributed by atoms with E-state index in [1.54, 1.807) is 12.1 Å². The zero-order valence-corrected chi connectivity index (χ0v) is 8.91. The first-order chi connectivity index (χ1) is 6.68. The summed E-state index contributed by atoms with van der Waals surface area (Å²) in [6, 6.07) is 7.22. The quantitative estimate of drug-likeness (QED) is 0.585. The summed E-state index contributed by atoms with van der Waals surface area (Å²) in [5.41, 5.74) is 7.13. The topological polar surface area (TPSA) is 52.3 Å². The number of benzene rings is 1. The van der Waals surface area contributed by atoms with Crippen molar-refractivity contribution in [1.29, 1.82) is 0 Å². The number of esters is 1. The smallest absolute Gasteiger partial charge is 0.302 e. The third-order valence-electron chi connectivity index (χ3n) is 1.42. The molecule has 0 amide bonds. The molecule has 0 radical (unpaired) electrons. The van der Waals surface area contributed by atoms with Crippen LogP contribution in [-0.4, -0.2) is 5.97 Å². The maximum Gasteiger partial charge on any atom is 0.302 e. The van der Waals surface area contributed by atoms with E-state index in [2.05, 4.69) is 0 Å². The molecule has 0 atom stereocenters. The summed E-state index contributed by atoms with van der Waals surface area (Å²) < 4.78 is 4.79. The van der Waals surface area contributed by atoms with Crippen LogP contribution < -0.4 is 5.73 Å². The van der Waals surface area contributed by atoms with Crippen molar-refractivity contribution in [3.05, 3.63) is 29.8 Å². The fourth-order valence-corrected chi connectivity index (χ4v) is 0.799. The monoisotopic (exact) mass is 197 g/mol. The molecule has 0 aromatic heterocycles. The molecule has 0 aliphatic rings. The number of hydrogen-bond acceptors (Lipinski definition) is 3. The van der Waals surface area contributed by atoms with Crippen LogP contribution in [0.25, 0.3) is 0 Å². The van der Waals surface area contributed by atoms with E-state index in [-0.39, 0.29) is 7.40 Å². The Hall–Kier alpha value is -1.51. The number of carbonyl (C=O) groups is 1. The molecule has 14 heavy (non-hydrogen) atoms. The highest BCUT2D eigenvalue weighted by Gasteiger charge is 1.94. The summed E-state index contributed by atoms with van der Waals surface area (Å²) in [5.74, 6) is -0.271. The van der Waals surface area contributed by atoms with Crippen molar-refractivity contribution in [2.45, 2.75) is 27.4 Å². The molecule has 0 aliphatic heterocycles. The average molecular weight is 197 g/mol. The predicted molar refractivity (Wildman–Crippen MR) is 59.8 cm³/mol. The molecule has 0 bridgehead atoms. The van der Waals surface area contributed by atoms with Crippen LogP contribution in [0.1, 0.15) is 27.8 Å². The van der Waals surface area contributed by atoms with Gasteiger partial charge in [-0.3, -0.25) is 4.79 Å². The van der Waals surface area contributed by atoms with Crippen molar-refractivity contribution in [3.63, 3.8) is 0 Å². The standard InChI is InChI=1S/C9H11NO2.C2H6.H2/c1-7(11)12-6-8-2-4-9(10)5-3-8;1-2;/h2-5H,6,10H2,1H3;1-2H3;1H. The Morgan fingerprint density at radius 3 is 2.29 bits per heavy atom. The molecule has 0 unspecified atom stereocenters. The Morgan fingerprint density at radius 2 is 1.86 bits per heavy atom. The zero-order chi connectivity index (χ0) is 11.0. The van der Waals surface area contributed by atoms with Crippen LogP contribution in [-0.2, 0) is 16.1 Å². The third kappa shape index (κ3) is 5.19. The van der Waals surface area contributed by atoms with Crippen molar-refractivity contribution in [3.8, 4) is 0 Å². The second-order valence-corrected chi connectivity index (χ2v) is 2.52. The second kappa shape index (κ2) is 6.95. The van der Waals surface area contributed by atoms with Gasteiger partial charge in [0.25, 0.3) is 0 Å². The second-order valence-electron chi connectivity index (χ2n) is 2.52. The largest absolute Gasteiger partial charge is 0.461 e. The van der Waals surface area contributed by atoms with Gasteiger partial charge in [0.05, 0.1) is 0 Å². The Balaban J connectivity index is 0. The maximum absolute atomic E-state index is 10.4. The summed E-state index contributed by atoms with van der Waals surface area (Å²) in [7, 11) is 0. The molecule has 0 heterocycles. The van der Waals surface area contributed by atoms with Crippen LogP contribution in [0.4, 0.5) is 5.69 Å². The molecule has 1 aromatic rings. The molecule has 0 saturated carbocycles. The van der Waals surface area contributed by atoms with Gasteiger partial charge < -0.3 is 10.5 Å². The normalized spacial score (nSPS) is 8.50. The van der Waals surface area contributed by atoms with E-state index >= 15 is 0 Å². The van der Waals surface area contributed by atoms with Crippen LogP contribution in [0, 0.1) is 0 Å². The van der Waals surface area contributed by atoms with Crippen LogP contribution in [0.3, 0.4) is 0 Å². The third-order valence-corrected chi connectivity index (χ3v) is 1.42. The van der Waals surface area contributed by atoms with E-state index in [1.165, 1.54) is 6.92 Å². The summed E-state index contributed by atoms with van der Waals surface area (Å²) in [5, 5.41) is 0. The Labute approximate surface area is 86.4 Å². The number of hydrogen-bond donors (Lipinski definition) is 1. The predicted octanol–water partition coefficient (Wildman–Crippen LogP) is 2.60. The summed E-state index contributed by atoms with van der Waals surface area (Å²) in [6.45, 7) is 5.70. The summed E-state index contributed by atoms with van der Waals surface area (Å²) in [4.78, 5) is 10.4. The number of rotatable bonds is 2. The van der Waals surface area contributed by atoms with E-state index < -0.39 is 0 Å². The molecule has 0 spiro atoms. The van der Waals surface area contributed by atoms with Crippen LogP contribution in [0.2, 0.25) is 0 Å². The van der Waals surface area contributed by atoms with E-state index in [4.69, 9.17) is 10.5 Å². The number of ether oxygens (including phenoxy) is 1. The van der Waals surface area contributed by atoms with Gasteiger partial charge in [-0.25, -0.2) is 0 Å². The van der Waals surface area contributed by atoms with Crippen molar-refractivity contribution in [2.75, 3.05) is 5.73 Å². The Kier molecular flexibility index (Phi) is 6.20. The fraction of sp³-hybridized carbons (Fsp3) is 0.364. The van der Waals surface area contributed by atoms with Crippen molar-refractivity contribution in [2.24, 2.45) is 0 Å². The number of anilines is 1. The molecule has 2 N–H and O–H groups in total. The van der Waals surface area contributed by atoms with E-state index in [0.717, 1.165) is 5.56 Å². The van der Waals surface area contributed by atoms with E-state index in [0.29, 0.717) is 12.3 Å². The minimum atomic E-state index is -0.271. The number of nitrogens with two attached hydrogens (primary N) is 1. The first-order valence-electron chi connectivity index (χ1n) is 4.66. The van der Waals surface area contributed by atoms with Crippen LogP contribution in [0.5, 0.6) is 0 Å². The SMILES string of the molecule is CC.CC(=O)OCc1ccc(N)cc1.[HH]. The highest BCUT2D eigenvalue weighted by Crippen LogP contribution is 2.06. The van der Waals surface area contributed by atoms with Gasteiger partial charge in [-0.2, -0.15) is 0 Å². The minimum Gasteiger partial charge on any atom is -0.461 e. The van der Waals surface area contributed by atoms with E-state index in [1.807, 2.05) is 26.0 Å². The lowest BCUT2D eigenvalue weighted by Gasteiger charge is -2.01. The first-order valence-corrected chi connectivity index (χ1v) is 4.66. The highest BCUT2D eigenvalue weighted by molar-refractivity contribution is 5.65. The zero-order valence-electron chi connectivity index (χ0n) is 8.91. The molecule has 3 nitrogen and oxygen atoms in total. The van der Waals surface area contributed by atoms with Gasteiger partial charge >= 0.3 is 5.97 Å². The molecule has 80 valence electrons. The summed E-state index contributed by atoms with van der Waals surface area (Å²) in [6.07, 6.45) is 0. The molecule has 1 aromatic carbocycles. The number of carbonyl (C=O) groups excluding carboxylic acids is 1. The van der Waals surface area contributed by atoms with Gasteiger partial charge in [0.1, 0.15) is 6.61 Å². The van der Waals surface area contributed by atoms with Crippen molar-refractivity contribution in [1.82, 2.24) is 0 Å². The van der Waals surface area contributed by atoms with Gasteiger partial charge in [0, 0.05) is 14.0 Å². The Morgan fingerprint density at radius 1 is 1.36 bits per heavy atom. The minimum absolute atomic E-state index is 0. The number of nitrogen functional groups attached to an aromatic ring is 1. The van der Waals surface area contributed by atoms with Crippen molar-refractivity contribution < 1.29 is 11.0 Å². The maximum atomic E-state index is 10.4. The molecule has 3 heteroatoms. The molecule has 0 fully saturated rings. The van der Waals surface area contributed by atoms with Crippen LogP contribution >= 0.6 is 0 Å². The molecule has 0 aliphatic carbocycles. The van der Waals surface area contributed by atoms with Crippen molar-refractivity contribution >= 4 is 11.7 Å². The summed E-state index contributed by atoms with van der Waals surface area (Å²) >= 11 is 0. The van der Waals surface area contributed by atoms with Gasteiger partial charge in [-0.1, -0.05) is 26.0 Å². The Bertz CT molecular complexity index is 272. The van der Waals surface area contributed by atoms with E-state index in [9.17, 15) is 4.79 Å². The van der Waals surface area contributed by atoms with Gasteiger partial charge in [0.2, 0.25) is 0 Å². The van der Waals surface area contributed by atoms with Gasteiger partial charge in [-0.15, -0.1) is 0 Å². The molecule has 1 rings (SSSR count). The molecular formula is C11H19NO2. The first kappa shape index (κ1) is 12.5. The van der Waals surface area contributed by atoms with Gasteiger partial charge in [-0.05, 0) is 17.7 Å². The highest BCUT2D eigenvalue weighted by atomic mass is 16.5. The lowest BCUT2D eigenvalue weighted by molar-refractivity contribution is -0.142.